The van der Waals surface area contributed by atoms with Crippen LogP contribution in [-0.4, -0.2) is 101 Å². The number of aliphatic hydroxyl groups excluding tert-OH is 1. The first-order chi connectivity index (χ1) is 27.0. The van der Waals surface area contributed by atoms with E-state index < -0.39 is 30.0 Å². The number of benzene rings is 4. The molecule has 2 heterocycles. The van der Waals surface area contributed by atoms with Gasteiger partial charge in [-0.2, -0.15) is 0 Å². The molecule has 2 fully saturated rings. The number of hydrogen-bond donors (Lipinski definition) is 1. The second-order valence-corrected chi connectivity index (χ2v) is 16.9. The van der Waals surface area contributed by atoms with E-state index >= 15 is 0 Å². The molecular weight excluding hydrogens is 763 g/mol. The third-order valence-corrected chi connectivity index (χ3v) is 12.5. The fourth-order valence-electron chi connectivity index (χ4n) is 7.10. The van der Waals surface area contributed by atoms with Crippen LogP contribution in [0.4, 0.5) is 0 Å². The summed E-state index contributed by atoms with van der Waals surface area (Å²) in [6.45, 7) is 4.69. The molecule has 0 saturated carbocycles. The summed E-state index contributed by atoms with van der Waals surface area (Å²) < 4.78 is 52.1. The van der Waals surface area contributed by atoms with Gasteiger partial charge in [0.1, 0.15) is 0 Å². The van der Waals surface area contributed by atoms with E-state index in [4.69, 9.17) is 37.9 Å². The molecule has 55 heavy (non-hydrogen) atoms. The molecule has 0 spiro atoms. The minimum absolute atomic E-state index is 0.0967. The van der Waals surface area contributed by atoms with Gasteiger partial charge in [0.2, 0.25) is 0 Å². The molecule has 10 heteroatoms. The van der Waals surface area contributed by atoms with E-state index in [1.165, 1.54) is 4.46 Å². The summed E-state index contributed by atoms with van der Waals surface area (Å²) in [7, 11) is 1.61. The fraction of sp³-hybridized carbons (Fsp3) is 0.467. The number of ether oxygens (including phenoxy) is 8. The van der Waals surface area contributed by atoms with Crippen molar-refractivity contribution >= 4 is 19.4 Å². The molecule has 9 nitrogen and oxygen atoms in total. The Bertz CT molecular complexity index is 1620. The predicted octanol–water partition coefficient (Wildman–Crippen LogP) is 6.21. The summed E-state index contributed by atoms with van der Waals surface area (Å²) in [6.07, 6.45) is -0.0792. The van der Waals surface area contributed by atoms with E-state index in [0.717, 1.165) is 29.5 Å². The van der Waals surface area contributed by atoms with Gasteiger partial charge in [-0.05, 0) is 0 Å². The van der Waals surface area contributed by atoms with Crippen molar-refractivity contribution in [3.63, 3.8) is 0 Å². The van der Waals surface area contributed by atoms with Gasteiger partial charge >= 0.3 is 322 Å². The van der Waals surface area contributed by atoms with Crippen molar-refractivity contribution in [3.8, 4) is 0 Å². The summed E-state index contributed by atoms with van der Waals surface area (Å²) in [5.41, 5.74) is 2.06. The molecule has 0 aliphatic carbocycles. The Balaban J connectivity index is 1.26. The van der Waals surface area contributed by atoms with Gasteiger partial charge in [-0.1, -0.05) is 12.1 Å². The molecule has 0 radical (unpaired) electrons. The van der Waals surface area contributed by atoms with E-state index in [0.29, 0.717) is 52.5 Å². The van der Waals surface area contributed by atoms with Crippen LogP contribution in [0.3, 0.4) is 0 Å². The summed E-state index contributed by atoms with van der Waals surface area (Å²) in [5.74, 6) is 0. The van der Waals surface area contributed by atoms with Crippen LogP contribution < -0.4 is 4.46 Å². The number of rotatable bonds is 21. The van der Waals surface area contributed by atoms with Gasteiger partial charge in [-0.25, -0.2) is 0 Å². The van der Waals surface area contributed by atoms with E-state index in [1.54, 1.807) is 7.11 Å². The van der Waals surface area contributed by atoms with Crippen molar-refractivity contribution in [1.82, 2.24) is 0 Å². The Morgan fingerprint density at radius 3 is 2.00 bits per heavy atom. The number of aliphatic hydroxyl groups is 1. The van der Waals surface area contributed by atoms with Crippen LogP contribution in [-0.2, 0) is 57.7 Å². The van der Waals surface area contributed by atoms with Crippen LogP contribution in [0.15, 0.2) is 121 Å². The maximum absolute atomic E-state index is 12.2. The molecule has 0 aromatic heterocycles. The zero-order chi connectivity index (χ0) is 38.1. The van der Waals surface area contributed by atoms with Gasteiger partial charge in [0, 0.05) is 0 Å². The molecule has 1 N–H and O–H groups in total. The van der Waals surface area contributed by atoms with Crippen LogP contribution in [0.25, 0.3) is 0 Å². The third kappa shape index (κ3) is 12.8. The molecule has 0 bridgehead atoms. The van der Waals surface area contributed by atoms with Gasteiger partial charge in [-0.3, -0.25) is 0 Å². The van der Waals surface area contributed by atoms with Crippen molar-refractivity contribution in [3.05, 3.63) is 138 Å². The number of methoxy groups -OCH3 is 1. The molecule has 6 rings (SSSR count). The van der Waals surface area contributed by atoms with Crippen LogP contribution >= 0.6 is 0 Å². The molecule has 2 saturated heterocycles. The first kappa shape index (κ1) is 41.7. The van der Waals surface area contributed by atoms with Crippen LogP contribution in [0.2, 0.25) is 0 Å². The second kappa shape index (κ2) is 22.1. The standard InChI is InChI=1S/C45H56O9Se/c1-45(42(46)26-39(51-29-35-18-9-4-10-19-35)41(54-45)32-48-28-34-16-7-3-8-17-34)43(52-30-36-20-11-5-12-21-36)27-44(55-37-22-13-6-14-23-37)53-38-24-15-25-50-40(38)31-49-33-47-2/h3-14,16-23,38-44,46H,15,24-33H2,1-2H3/t38-,39-,40+,41+,42+,43+,44-,45+/m0/s1. The Hall–Kier alpha value is -2.96. The predicted molar refractivity (Wildman–Crippen MR) is 212 cm³/mol. The molecule has 4 aromatic rings. The molecule has 2 aliphatic rings. The van der Waals surface area contributed by atoms with Crippen LogP contribution in [0, 0.1) is 0 Å². The Labute approximate surface area is 332 Å². The van der Waals surface area contributed by atoms with Crippen molar-refractivity contribution in [1.29, 1.82) is 0 Å². The van der Waals surface area contributed by atoms with Gasteiger partial charge in [0.15, 0.2) is 0 Å². The first-order valence-electron chi connectivity index (χ1n) is 19.3. The Morgan fingerprint density at radius 1 is 0.745 bits per heavy atom. The van der Waals surface area contributed by atoms with Gasteiger partial charge < -0.3 is 0 Å². The molecule has 4 aromatic carbocycles. The van der Waals surface area contributed by atoms with Crippen molar-refractivity contribution in [2.75, 3.05) is 33.7 Å². The third-order valence-electron chi connectivity index (χ3n) is 10.2. The van der Waals surface area contributed by atoms with Gasteiger partial charge in [-0.15, -0.1) is 0 Å². The summed E-state index contributed by atoms with van der Waals surface area (Å²) >= 11 is -0.0967. The van der Waals surface area contributed by atoms with E-state index in [1.807, 2.05) is 91.9 Å². The Kier molecular flexibility index (Phi) is 16.7. The monoisotopic (exact) mass is 820 g/mol. The minimum atomic E-state index is -1.11. The molecule has 0 amide bonds. The summed E-state index contributed by atoms with van der Waals surface area (Å²) in [6, 6.07) is 40.8. The van der Waals surface area contributed by atoms with E-state index in [2.05, 4.69) is 36.4 Å². The molecule has 8 atom stereocenters. The van der Waals surface area contributed by atoms with Crippen molar-refractivity contribution in [2.45, 2.75) is 99.7 Å². The normalized spacial score (nSPS) is 25.3. The molecule has 296 valence electrons. The van der Waals surface area contributed by atoms with Gasteiger partial charge in [0.05, 0.1) is 0 Å². The second-order valence-electron chi connectivity index (χ2n) is 14.3. The van der Waals surface area contributed by atoms with Crippen molar-refractivity contribution in [2.24, 2.45) is 0 Å². The topological polar surface area (TPSA) is 94.1 Å². The first-order valence-corrected chi connectivity index (χ1v) is 21.2. The SMILES string of the molecule is COCOC[C@H]1OCCC[C@@H]1O[C@H](C[C@@H](OCc1ccccc1)[C@]1(C)O[C@H](COCc2ccccc2)[C@@H](OCc2ccccc2)C[C@H]1O)[Se]c1ccccc1. The molecule has 0 unspecified atom stereocenters. The average molecular weight is 820 g/mol. The maximum atomic E-state index is 12.2. The van der Waals surface area contributed by atoms with E-state index in [9.17, 15) is 5.11 Å². The Morgan fingerprint density at radius 2 is 1.35 bits per heavy atom. The fourth-order valence-corrected chi connectivity index (χ4v) is 9.38. The zero-order valence-electron chi connectivity index (χ0n) is 32.0. The van der Waals surface area contributed by atoms with Crippen LogP contribution in [0.1, 0.15) is 49.3 Å². The van der Waals surface area contributed by atoms with Crippen LogP contribution in [0.5, 0.6) is 0 Å². The summed E-state index contributed by atoms with van der Waals surface area (Å²) in [4.78, 5) is 0. The quantitative estimate of drug-likeness (QED) is 0.0599. The molecule has 2 aliphatic heterocycles. The molecular formula is C45H56O9Se. The average Bonchev–Trinajstić information content (AvgIpc) is 3.22. The number of hydrogen-bond acceptors (Lipinski definition) is 9. The van der Waals surface area contributed by atoms with Crippen molar-refractivity contribution < 1.29 is 43.0 Å². The van der Waals surface area contributed by atoms with Gasteiger partial charge in [0.25, 0.3) is 0 Å². The summed E-state index contributed by atoms with van der Waals surface area (Å²) in [5, 5.41) is 11.9. The zero-order valence-corrected chi connectivity index (χ0v) is 33.7. The van der Waals surface area contributed by atoms with E-state index in [-0.39, 0.29) is 39.0 Å².